The van der Waals surface area contributed by atoms with Crippen molar-refractivity contribution in [3.8, 4) is 0 Å². The van der Waals surface area contributed by atoms with E-state index in [4.69, 9.17) is 0 Å². The van der Waals surface area contributed by atoms with E-state index in [-0.39, 0.29) is 24.9 Å². The molecule has 0 bridgehead atoms. The molecule has 2 fully saturated rings. The van der Waals surface area contributed by atoms with Gasteiger partial charge in [0.2, 0.25) is 5.91 Å². The minimum atomic E-state index is -0.408. The maximum absolute atomic E-state index is 13.0. The van der Waals surface area contributed by atoms with Crippen LogP contribution in [0.4, 0.5) is 4.79 Å². The molecule has 0 spiro atoms. The van der Waals surface area contributed by atoms with Gasteiger partial charge in [0, 0.05) is 24.7 Å². The summed E-state index contributed by atoms with van der Waals surface area (Å²) in [6.07, 6.45) is 0. The number of likely N-dealkylation sites (tertiary alicyclic amines) is 1. The van der Waals surface area contributed by atoms with Crippen LogP contribution in [0.15, 0.2) is 24.3 Å². The minimum Gasteiger partial charge on any atom is -0.337 e. The lowest BCUT2D eigenvalue weighted by atomic mass is 10.1. The predicted molar refractivity (Wildman–Crippen MR) is 92.9 cm³/mol. The highest BCUT2D eigenvalue weighted by molar-refractivity contribution is 6.02. The van der Waals surface area contributed by atoms with Crippen LogP contribution in [0.1, 0.15) is 22.8 Å². The first-order chi connectivity index (χ1) is 11.9. The number of likely N-dealkylation sites (N-methyl/N-ethyl adjacent to an activating group) is 1. The largest absolute Gasteiger partial charge is 0.337 e. The lowest BCUT2D eigenvalue weighted by Crippen LogP contribution is -2.36. The third-order valence-corrected chi connectivity index (χ3v) is 5.04. The van der Waals surface area contributed by atoms with Gasteiger partial charge in [-0.3, -0.25) is 14.5 Å². The first-order valence-corrected chi connectivity index (χ1v) is 8.50. The van der Waals surface area contributed by atoms with Crippen LogP contribution in [-0.4, -0.2) is 72.3 Å². The number of hydrogen-bond donors (Lipinski definition) is 1. The monoisotopic (exact) mass is 344 g/mol. The fourth-order valence-corrected chi connectivity index (χ4v) is 3.61. The molecule has 0 aliphatic carbocycles. The Kier molecular flexibility index (Phi) is 4.76. The molecule has 2 atom stereocenters. The molecule has 0 saturated carbocycles. The van der Waals surface area contributed by atoms with Gasteiger partial charge in [-0.25, -0.2) is 4.79 Å². The molecule has 3 rings (SSSR count). The molecule has 134 valence electrons. The van der Waals surface area contributed by atoms with Gasteiger partial charge in [0.1, 0.15) is 0 Å². The average Bonchev–Trinajstić information content (AvgIpc) is 3.12. The second-order valence-corrected chi connectivity index (χ2v) is 7.01. The molecule has 2 aliphatic rings. The maximum atomic E-state index is 13.0. The first-order valence-electron chi connectivity index (χ1n) is 8.50. The number of benzene rings is 1. The smallest absolute Gasteiger partial charge is 0.324 e. The lowest BCUT2D eigenvalue weighted by molar-refractivity contribution is -0.125. The summed E-state index contributed by atoms with van der Waals surface area (Å²) in [4.78, 5) is 41.8. The van der Waals surface area contributed by atoms with Gasteiger partial charge in [0.05, 0.1) is 13.1 Å². The van der Waals surface area contributed by atoms with E-state index in [1.54, 1.807) is 12.1 Å². The Morgan fingerprint density at radius 2 is 1.96 bits per heavy atom. The number of urea groups is 1. The van der Waals surface area contributed by atoms with Crippen LogP contribution in [0, 0.1) is 5.92 Å². The molecule has 1 aromatic rings. The van der Waals surface area contributed by atoms with Gasteiger partial charge in [0.15, 0.2) is 0 Å². The highest BCUT2D eigenvalue weighted by Crippen LogP contribution is 2.23. The molecule has 25 heavy (non-hydrogen) atoms. The lowest BCUT2D eigenvalue weighted by Gasteiger charge is -2.23. The molecule has 1 aromatic carbocycles. The highest BCUT2D eigenvalue weighted by atomic mass is 16.2. The van der Waals surface area contributed by atoms with E-state index in [1.807, 2.05) is 31.1 Å². The van der Waals surface area contributed by atoms with E-state index >= 15 is 0 Å². The van der Waals surface area contributed by atoms with Crippen LogP contribution < -0.4 is 5.32 Å². The van der Waals surface area contributed by atoms with Gasteiger partial charge >= 0.3 is 6.03 Å². The summed E-state index contributed by atoms with van der Waals surface area (Å²) in [5, 5.41) is 2.50. The predicted octanol–water partition coefficient (Wildman–Crippen LogP) is 0.761. The molecule has 1 N–H and O–H groups in total. The summed E-state index contributed by atoms with van der Waals surface area (Å²) >= 11 is 0. The van der Waals surface area contributed by atoms with Crippen LogP contribution in [0.5, 0.6) is 0 Å². The highest BCUT2D eigenvalue weighted by Gasteiger charge is 2.35. The maximum Gasteiger partial charge on any atom is 0.324 e. The second kappa shape index (κ2) is 6.84. The normalized spacial score (nSPS) is 23.5. The van der Waals surface area contributed by atoms with E-state index in [2.05, 4.69) is 17.1 Å². The van der Waals surface area contributed by atoms with E-state index in [0.717, 1.165) is 4.90 Å². The van der Waals surface area contributed by atoms with Crippen molar-refractivity contribution >= 4 is 17.8 Å². The number of nitrogens with zero attached hydrogens (tertiary/aromatic N) is 3. The van der Waals surface area contributed by atoms with Gasteiger partial charge in [-0.2, -0.15) is 0 Å². The third kappa shape index (κ3) is 3.37. The van der Waals surface area contributed by atoms with Crippen molar-refractivity contribution in [2.75, 3.05) is 33.7 Å². The SMILES string of the molecule is C[C@@H]1CN(C(=O)c2ccccc2CN2C(=O)CNC2=O)C[C@@H]1N(C)C. The molecule has 2 heterocycles. The Bertz CT molecular complexity index is 687. The summed E-state index contributed by atoms with van der Waals surface area (Å²) in [5.74, 6) is 0.0885. The summed E-state index contributed by atoms with van der Waals surface area (Å²) < 4.78 is 0. The number of carbonyl (C=O) groups excluding carboxylic acids is 3. The quantitative estimate of drug-likeness (QED) is 0.819. The van der Waals surface area contributed by atoms with Crippen molar-refractivity contribution in [2.24, 2.45) is 5.92 Å². The standard InChI is InChI=1S/C18H24N4O3/c1-12-9-21(11-15(12)20(2)3)17(24)14-7-5-4-6-13(14)10-22-16(23)8-19-18(22)25/h4-7,12,15H,8-11H2,1-3H3,(H,19,25)/t12-,15+/m1/s1. The minimum absolute atomic E-state index is 0.0170. The van der Waals surface area contributed by atoms with Crippen molar-refractivity contribution in [1.29, 1.82) is 0 Å². The van der Waals surface area contributed by atoms with Crippen molar-refractivity contribution in [3.05, 3.63) is 35.4 Å². The van der Waals surface area contributed by atoms with Crippen molar-refractivity contribution in [3.63, 3.8) is 0 Å². The summed E-state index contributed by atoms with van der Waals surface area (Å²) in [6, 6.07) is 7.13. The number of amides is 4. The second-order valence-electron chi connectivity index (χ2n) is 7.01. The Hall–Kier alpha value is -2.41. The van der Waals surface area contributed by atoms with Gasteiger partial charge in [0.25, 0.3) is 5.91 Å². The first kappa shape index (κ1) is 17.4. The molecule has 0 unspecified atom stereocenters. The fourth-order valence-electron chi connectivity index (χ4n) is 3.61. The van der Waals surface area contributed by atoms with Crippen LogP contribution in [0.2, 0.25) is 0 Å². The topological polar surface area (TPSA) is 73.0 Å². The van der Waals surface area contributed by atoms with E-state index in [0.29, 0.717) is 36.2 Å². The molecular weight excluding hydrogens is 320 g/mol. The van der Waals surface area contributed by atoms with Crippen LogP contribution >= 0.6 is 0 Å². The zero-order chi connectivity index (χ0) is 18.1. The number of carbonyl (C=O) groups is 3. The average molecular weight is 344 g/mol. The van der Waals surface area contributed by atoms with Gasteiger partial charge in [-0.15, -0.1) is 0 Å². The molecule has 4 amide bonds. The number of rotatable bonds is 4. The van der Waals surface area contributed by atoms with Crippen LogP contribution in [0.3, 0.4) is 0 Å². The fraction of sp³-hybridized carbons (Fsp3) is 0.500. The van der Waals surface area contributed by atoms with Crippen molar-refractivity contribution < 1.29 is 14.4 Å². The van der Waals surface area contributed by atoms with Crippen molar-refractivity contribution in [1.82, 2.24) is 20.0 Å². The van der Waals surface area contributed by atoms with E-state index < -0.39 is 6.03 Å². The van der Waals surface area contributed by atoms with Gasteiger partial charge in [-0.1, -0.05) is 25.1 Å². The molecule has 0 aromatic heterocycles. The Balaban J connectivity index is 1.80. The molecular formula is C18H24N4O3. The zero-order valence-corrected chi connectivity index (χ0v) is 14.9. The number of imide groups is 1. The molecule has 7 heteroatoms. The molecule has 2 saturated heterocycles. The molecule has 2 aliphatic heterocycles. The van der Waals surface area contributed by atoms with E-state index in [9.17, 15) is 14.4 Å². The Labute approximate surface area is 147 Å². The van der Waals surface area contributed by atoms with Crippen LogP contribution in [-0.2, 0) is 11.3 Å². The summed E-state index contributed by atoms with van der Waals surface area (Å²) in [6.45, 7) is 3.68. The number of hydrogen-bond acceptors (Lipinski definition) is 4. The summed E-state index contributed by atoms with van der Waals surface area (Å²) in [5.41, 5.74) is 1.25. The van der Waals surface area contributed by atoms with Crippen LogP contribution in [0.25, 0.3) is 0 Å². The van der Waals surface area contributed by atoms with Gasteiger partial charge in [-0.05, 0) is 31.6 Å². The Morgan fingerprint density at radius 1 is 1.24 bits per heavy atom. The van der Waals surface area contributed by atoms with E-state index in [1.165, 1.54) is 0 Å². The third-order valence-electron chi connectivity index (χ3n) is 5.04. The summed E-state index contributed by atoms with van der Waals surface area (Å²) in [7, 11) is 4.06. The molecule has 0 radical (unpaired) electrons. The van der Waals surface area contributed by atoms with Gasteiger partial charge < -0.3 is 15.1 Å². The molecule has 7 nitrogen and oxygen atoms in total. The van der Waals surface area contributed by atoms with Crippen molar-refractivity contribution in [2.45, 2.75) is 19.5 Å². The Morgan fingerprint density at radius 3 is 2.56 bits per heavy atom. The number of nitrogens with one attached hydrogen (secondary N) is 1. The zero-order valence-electron chi connectivity index (χ0n) is 14.9.